The van der Waals surface area contributed by atoms with Crippen LogP contribution in [0.1, 0.15) is 18.2 Å². The molecule has 0 aliphatic rings. The molecule has 29 heavy (non-hydrogen) atoms. The average Bonchev–Trinajstić information content (AvgIpc) is 2.96. The van der Waals surface area contributed by atoms with Crippen LogP contribution >= 0.6 is 27.5 Å². The number of carbonyl (C=O) groups excluding carboxylic acids is 2. The highest BCUT2D eigenvalue weighted by atomic mass is 79.9. The highest BCUT2D eigenvalue weighted by Gasteiger charge is 2.41. The number of hydrogen-bond donors (Lipinski definition) is 0. The Morgan fingerprint density at radius 1 is 1.28 bits per heavy atom. The summed E-state index contributed by atoms with van der Waals surface area (Å²) in [5.74, 6) is -2.90. The first-order chi connectivity index (χ1) is 13.6. The number of hydrogen-bond acceptors (Lipinski definition) is 5. The molecule has 2 aromatic rings. The van der Waals surface area contributed by atoms with Crippen molar-refractivity contribution in [2.75, 3.05) is 0 Å². The van der Waals surface area contributed by atoms with Crippen molar-refractivity contribution < 1.29 is 32.2 Å². The van der Waals surface area contributed by atoms with Gasteiger partial charge >= 0.3 is 18.1 Å². The zero-order chi connectivity index (χ0) is 21.8. The molecule has 0 atom stereocenters. The second-order valence-corrected chi connectivity index (χ2v) is 6.60. The zero-order valence-electron chi connectivity index (χ0n) is 14.6. The molecule has 1 aromatic heterocycles. The van der Waals surface area contributed by atoms with E-state index in [4.69, 9.17) is 11.6 Å². The van der Waals surface area contributed by atoms with Gasteiger partial charge < -0.3 is 14.0 Å². The van der Waals surface area contributed by atoms with Crippen molar-refractivity contribution in [2.45, 2.75) is 19.8 Å². The molecule has 2 rings (SSSR count). The molecular weight excluding hydrogens is 481 g/mol. The third-order valence-electron chi connectivity index (χ3n) is 3.50. The first-order valence-corrected chi connectivity index (χ1v) is 8.93. The predicted octanol–water partition coefficient (Wildman–Crippen LogP) is 5.04. The van der Waals surface area contributed by atoms with E-state index in [-0.39, 0.29) is 16.8 Å². The number of esters is 2. The number of allylic oxidation sites excluding steroid dienone is 1. The van der Waals surface area contributed by atoms with Crippen LogP contribution in [0.2, 0.25) is 5.02 Å². The largest absolute Gasteiger partial charge is 0.435 e. The van der Waals surface area contributed by atoms with Crippen molar-refractivity contribution in [2.24, 2.45) is 0 Å². The van der Waals surface area contributed by atoms with Gasteiger partial charge in [0.15, 0.2) is 6.73 Å². The molecule has 11 heteroatoms. The van der Waals surface area contributed by atoms with Gasteiger partial charge in [0, 0.05) is 5.02 Å². The quantitative estimate of drug-likeness (QED) is 0.340. The van der Waals surface area contributed by atoms with Crippen molar-refractivity contribution in [3.8, 4) is 17.3 Å². The summed E-state index contributed by atoms with van der Waals surface area (Å²) in [5, 5.41) is 9.74. The van der Waals surface area contributed by atoms with E-state index in [0.717, 1.165) is 6.26 Å². The fourth-order valence-corrected chi connectivity index (χ4v) is 3.21. The fourth-order valence-electron chi connectivity index (χ4n) is 2.36. The topological polar surface area (TPSA) is 81.3 Å². The van der Waals surface area contributed by atoms with Crippen LogP contribution in [0.3, 0.4) is 0 Å². The average molecular weight is 492 g/mol. The molecule has 0 aliphatic heterocycles. The van der Waals surface area contributed by atoms with Gasteiger partial charge in [0.2, 0.25) is 0 Å². The third kappa shape index (κ3) is 4.99. The molecule has 0 bridgehead atoms. The Kier molecular flexibility index (Phi) is 7.11. The van der Waals surface area contributed by atoms with Crippen molar-refractivity contribution in [1.29, 1.82) is 5.26 Å². The van der Waals surface area contributed by atoms with Crippen molar-refractivity contribution in [3.05, 3.63) is 57.4 Å². The zero-order valence-corrected chi connectivity index (χ0v) is 16.9. The Labute approximate surface area is 176 Å². The molecule has 0 radical (unpaired) electrons. The Hall–Kier alpha value is -2.77. The Morgan fingerprint density at radius 2 is 1.90 bits per heavy atom. The number of rotatable bonds is 4. The summed E-state index contributed by atoms with van der Waals surface area (Å²) in [7, 11) is 0. The van der Waals surface area contributed by atoms with Gasteiger partial charge in [-0.05, 0) is 40.5 Å². The van der Waals surface area contributed by atoms with Crippen molar-refractivity contribution >= 4 is 39.5 Å². The van der Waals surface area contributed by atoms with Gasteiger partial charge in [-0.1, -0.05) is 29.8 Å². The number of ether oxygens (including phenoxy) is 2. The second-order valence-electron chi connectivity index (χ2n) is 5.37. The van der Waals surface area contributed by atoms with Gasteiger partial charge in [-0.3, -0.25) is 0 Å². The number of carbonyl (C=O) groups is 2. The lowest BCUT2D eigenvalue weighted by Gasteiger charge is -2.15. The summed E-state index contributed by atoms with van der Waals surface area (Å²) in [6, 6.07) is 7.37. The van der Waals surface area contributed by atoms with Gasteiger partial charge in [0.05, 0.1) is 22.0 Å². The van der Waals surface area contributed by atoms with Crippen LogP contribution in [0, 0.1) is 11.3 Å². The van der Waals surface area contributed by atoms with Gasteiger partial charge in [-0.15, -0.1) is 0 Å². The summed E-state index contributed by atoms with van der Waals surface area (Å²) in [5.41, 5.74) is -1.53. The Bertz CT molecular complexity index is 1010. The minimum absolute atomic E-state index is 0.169. The summed E-state index contributed by atoms with van der Waals surface area (Å²) in [6.07, 6.45) is -2.65. The molecule has 0 amide bonds. The van der Waals surface area contributed by atoms with E-state index in [1.54, 1.807) is 6.07 Å². The van der Waals surface area contributed by atoms with Gasteiger partial charge in [-0.2, -0.15) is 18.4 Å². The highest BCUT2D eigenvalue weighted by Crippen LogP contribution is 2.43. The third-order valence-corrected chi connectivity index (χ3v) is 4.53. The molecule has 0 saturated heterocycles. The summed E-state index contributed by atoms with van der Waals surface area (Å²) >= 11 is 8.61. The summed E-state index contributed by atoms with van der Waals surface area (Å²) < 4.78 is 50.1. The van der Waals surface area contributed by atoms with Crippen LogP contribution in [-0.2, 0) is 32.0 Å². The molecule has 1 heterocycles. The van der Waals surface area contributed by atoms with Crippen LogP contribution in [0.15, 0.2) is 41.1 Å². The smallest absolute Gasteiger partial charge is 0.432 e. The Morgan fingerprint density at radius 3 is 2.41 bits per heavy atom. The summed E-state index contributed by atoms with van der Waals surface area (Å²) in [4.78, 5) is 23.2. The number of benzene rings is 1. The van der Waals surface area contributed by atoms with Crippen LogP contribution in [0.4, 0.5) is 13.2 Å². The molecule has 0 spiro atoms. The molecule has 0 N–H and O–H groups in total. The molecular formula is C18H11BrClF3N2O4. The normalized spacial score (nSPS) is 11.3. The van der Waals surface area contributed by atoms with E-state index in [0.29, 0.717) is 9.59 Å². The molecule has 0 unspecified atom stereocenters. The minimum atomic E-state index is -4.90. The standard InChI is InChI=1S/C18H11BrClF3N2O4/c1-2-7-28-16(26)17(27)29-9-25-14(10-3-5-11(20)6-4-10)12(8-24)13(19)15(25)18(21,22)23/h2-7H,9H2,1H3/b7-2+. The molecule has 0 fully saturated rings. The van der Waals surface area contributed by atoms with E-state index < -0.39 is 35.0 Å². The van der Waals surface area contributed by atoms with Crippen LogP contribution in [-0.4, -0.2) is 16.5 Å². The lowest BCUT2D eigenvalue weighted by molar-refractivity contribution is -0.168. The van der Waals surface area contributed by atoms with Crippen LogP contribution < -0.4 is 0 Å². The van der Waals surface area contributed by atoms with Gasteiger partial charge in [0.25, 0.3) is 0 Å². The Balaban J connectivity index is 2.56. The van der Waals surface area contributed by atoms with Gasteiger partial charge in [-0.25, -0.2) is 9.59 Å². The molecule has 1 aromatic carbocycles. The maximum absolute atomic E-state index is 13.6. The SMILES string of the molecule is C/C=C/OC(=O)C(=O)OCn1c(-c2ccc(Cl)cc2)c(C#N)c(Br)c1C(F)(F)F. The maximum Gasteiger partial charge on any atom is 0.432 e. The van der Waals surface area contributed by atoms with E-state index in [2.05, 4.69) is 25.4 Å². The van der Waals surface area contributed by atoms with E-state index in [9.17, 15) is 28.0 Å². The maximum atomic E-state index is 13.6. The van der Waals surface area contributed by atoms with E-state index in [1.807, 2.05) is 0 Å². The lowest BCUT2D eigenvalue weighted by Crippen LogP contribution is -2.23. The number of alkyl halides is 3. The van der Waals surface area contributed by atoms with E-state index in [1.165, 1.54) is 37.3 Å². The molecule has 6 nitrogen and oxygen atoms in total. The molecule has 0 aliphatic carbocycles. The fraction of sp³-hybridized carbons (Fsp3) is 0.167. The van der Waals surface area contributed by atoms with Crippen molar-refractivity contribution in [1.82, 2.24) is 4.57 Å². The number of halogens is 5. The highest BCUT2D eigenvalue weighted by molar-refractivity contribution is 9.10. The van der Waals surface area contributed by atoms with Gasteiger partial charge in [0.1, 0.15) is 11.8 Å². The monoisotopic (exact) mass is 490 g/mol. The van der Waals surface area contributed by atoms with Crippen LogP contribution in [0.25, 0.3) is 11.3 Å². The molecule has 0 saturated carbocycles. The van der Waals surface area contributed by atoms with Crippen molar-refractivity contribution in [3.63, 3.8) is 0 Å². The lowest BCUT2D eigenvalue weighted by atomic mass is 10.1. The summed E-state index contributed by atoms with van der Waals surface area (Å²) in [6.45, 7) is 0.532. The molecule has 152 valence electrons. The van der Waals surface area contributed by atoms with E-state index >= 15 is 0 Å². The minimum Gasteiger partial charge on any atom is -0.435 e. The number of nitrogens with zero attached hydrogens (tertiary/aromatic N) is 2. The number of aromatic nitrogens is 1. The second kappa shape index (κ2) is 9.15. The first kappa shape index (κ1) is 22.5. The predicted molar refractivity (Wildman–Crippen MR) is 99.3 cm³/mol. The first-order valence-electron chi connectivity index (χ1n) is 7.75. The number of nitriles is 1. The van der Waals surface area contributed by atoms with Crippen LogP contribution in [0.5, 0.6) is 0 Å².